The van der Waals surface area contributed by atoms with Crippen LogP contribution in [-0.4, -0.2) is 44.1 Å². The van der Waals surface area contributed by atoms with E-state index in [1.165, 1.54) is 0 Å². The summed E-state index contributed by atoms with van der Waals surface area (Å²) in [5.74, 6) is -0.120. The average Bonchev–Trinajstić information content (AvgIpc) is 3.28. The summed E-state index contributed by atoms with van der Waals surface area (Å²) in [7, 11) is 0. The number of aromatic nitrogens is 2. The molecule has 1 saturated heterocycles. The zero-order chi connectivity index (χ0) is 18.2. The van der Waals surface area contributed by atoms with Crippen molar-refractivity contribution in [2.45, 2.75) is 70.5 Å². The Labute approximate surface area is 146 Å². The number of carbonyl (C=O) groups is 3. The van der Waals surface area contributed by atoms with Gasteiger partial charge in [-0.25, -0.2) is 14.4 Å². The molecule has 8 nitrogen and oxygen atoms in total. The molecule has 2 heterocycles. The highest BCUT2D eigenvalue weighted by molar-refractivity contribution is 6.11. The summed E-state index contributed by atoms with van der Waals surface area (Å²) < 4.78 is 1.73. The first-order chi connectivity index (χ1) is 11.9. The van der Waals surface area contributed by atoms with E-state index in [-0.39, 0.29) is 11.9 Å². The van der Waals surface area contributed by atoms with Gasteiger partial charge in [0.05, 0.1) is 12.2 Å². The van der Waals surface area contributed by atoms with Crippen LogP contribution in [0, 0.1) is 0 Å². The Morgan fingerprint density at radius 3 is 2.68 bits per heavy atom. The molecule has 1 aromatic heterocycles. The van der Waals surface area contributed by atoms with Crippen LogP contribution in [0.15, 0.2) is 12.3 Å². The van der Waals surface area contributed by atoms with E-state index < -0.39 is 23.5 Å². The summed E-state index contributed by atoms with van der Waals surface area (Å²) in [6.45, 7) is 5.62. The lowest BCUT2D eigenvalue weighted by atomic mass is 9.97. The quantitative estimate of drug-likeness (QED) is 0.797. The van der Waals surface area contributed by atoms with Crippen LogP contribution in [0.1, 0.15) is 58.9 Å². The van der Waals surface area contributed by atoms with Crippen LogP contribution >= 0.6 is 0 Å². The molecule has 2 N–H and O–H groups in total. The number of rotatable bonds is 5. The van der Waals surface area contributed by atoms with Crippen LogP contribution in [0.2, 0.25) is 0 Å². The van der Waals surface area contributed by atoms with Crippen molar-refractivity contribution in [2.24, 2.45) is 0 Å². The van der Waals surface area contributed by atoms with E-state index in [2.05, 4.69) is 15.7 Å². The number of nitrogens with zero attached hydrogens (tertiary/aromatic N) is 3. The summed E-state index contributed by atoms with van der Waals surface area (Å²) >= 11 is 0. The summed E-state index contributed by atoms with van der Waals surface area (Å²) in [5, 5.41) is 9.82. The zero-order valence-electron chi connectivity index (χ0n) is 14.9. The number of carbonyl (C=O) groups excluding carboxylic acids is 3. The van der Waals surface area contributed by atoms with Crippen molar-refractivity contribution >= 4 is 23.7 Å². The molecule has 25 heavy (non-hydrogen) atoms. The van der Waals surface area contributed by atoms with Crippen molar-refractivity contribution in [3.8, 4) is 0 Å². The first-order valence-electron chi connectivity index (χ1n) is 8.90. The third kappa shape index (κ3) is 2.89. The van der Waals surface area contributed by atoms with Gasteiger partial charge in [-0.05, 0) is 33.1 Å². The molecule has 2 atom stereocenters. The molecule has 0 radical (unpaired) electrons. The SMILES string of the molecule is CCC(C)n1nccc1NC(=O)C(C)N1C(=O)NC2(CCCC2)C1=O. The first kappa shape index (κ1) is 17.4. The van der Waals surface area contributed by atoms with Crippen LogP contribution < -0.4 is 10.6 Å². The number of anilines is 1. The van der Waals surface area contributed by atoms with Crippen molar-refractivity contribution < 1.29 is 14.4 Å². The van der Waals surface area contributed by atoms with Crippen molar-refractivity contribution in [2.75, 3.05) is 5.32 Å². The van der Waals surface area contributed by atoms with Gasteiger partial charge < -0.3 is 10.6 Å². The molecule has 1 saturated carbocycles. The number of amides is 4. The molecule has 2 fully saturated rings. The Kier molecular flexibility index (Phi) is 4.53. The largest absolute Gasteiger partial charge is 0.325 e. The predicted octanol–water partition coefficient (Wildman–Crippen LogP) is 2.05. The highest BCUT2D eigenvalue weighted by atomic mass is 16.2. The third-order valence-corrected chi connectivity index (χ3v) is 5.35. The van der Waals surface area contributed by atoms with Crippen molar-refractivity contribution in [1.29, 1.82) is 0 Å². The van der Waals surface area contributed by atoms with Gasteiger partial charge in [0.25, 0.3) is 5.91 Å². The molecule has 1 spiro atoms. The highest BCUT2D eigenvalue weighted by Gasteiger charge is 2.54. The summed E-state index contributed by atoms with van der Waals surface area (Å²) in [5.41, 5.74) is -0.801. The second-order valence-electron chi connectivity index (χ2n) is 6.98. The maximum absolute atomic E-state index is 12.8. The van der Waals surface area contributed by atoms with Gasteiger partial charge in [-0.3, -0.25) is 9.59 Å². The van der Waals surface area contributed by atoms with E-state index in [1.807, 2.05) is 13.8 Å². The fourth-order valence-corrected chi connectivity index (χ4v) is 3.60. The van der Waals surface area contributed by atoms with Gasteiger partial charge in [-0.1, -0.05) is 19.8 Å². The fraction of sp³-hybridized carbons (Fsp3) is 0.647. The normalized spacial score (nSPS) is 21.5. The summed E-state index contributed by atoms with van der Waals surface area (Å²) in [4.78, 5) is 38.8. The van der Waals surface area contributed by atoms with Crippen LogP contribution in [0.5, 0.6) is 0 Å². The second kappa shape index (κ2) is 6.50. The van der Waals surface area contributed by atoms with Gasteiger partial charge >= 0.3 is 6.03 Å². The molecule has 2 unspecified atom stereocenters. The molecule has 1 aliphatic heterocycles. The van der Waals surface area contributed by atoms with E-state index in [0.717, 1.165) is 24.2 Å². The van der Waals surface area contributed by atoms with Gasteiger partial charge in [0.1, 0.15) is 17.4 Å². The molecule has 3 rings (SSSR count). The smallest absolute Gasteiger partial charge is 0.323 e. The second-order valence-corrected chi connectivity index (χ2v) is 6.98. The van der Waals surface area contributed by atoms with E-state index in [9.17, 15) is 14.4 Å². The molecule has 8 heteroatoms. The molecule has 1 aromatic rings. The number of hydrogen-bond donors (Lipinski definition) is 2. The Morgan fingerprint density at radius 2 is 2.04 bits per heavy atom. The molecule has 0 aromatic carbocycles. The van der Waals surface area contributed by atoms with Crippen molar-refractivity contribution in [3.05, 3.63) is 12.3 Å². The minimum Gasteiger partial charge on any atom is -0.323 e. The zero-order valence-corrected chi connectivity index (χ0v) is 14.9. The molecule has 1 aliphatic carbocycles. The lowest BCUT2D eigenvalue weighted by Gasteiger charge is -2.24. The monoisotopic (exact) mass is 347 g/mol. The summed E-state index contributed by atoms with van der Waals surface area (Å²) in [6, 6.07) is 0.484. The van der Waals surface area contributed by atoms with Gasteiger partial charge in [0.2, 0.25) is 5.91 Å². The molecule has 2 aliphatic rings. The Balaban J connectivity index is 1.74. The number of hydrogen-bond acceptors (Lipinski definition) is 4. The Hall–Kier alpha value is -2.38. The minimum atomic E-state index is -0.882. The van der Waals surface area contributed by atoms with Gasteiger partial charge in [0, 0.05) is 6.07 Å². The first-order valence-corrected chi connectivity index (χ1v) is 8.90. The lowest BCUT2D eigenvalue weighted by Crippen LogP contribution is -2.48. The fourth-order valence-electron chi connectivity index (χ4n) is 3.60. The van der Waals surface area contributed by atoms with E-state index >= 15 is 0 Å². The number of nitrogens with one attached hydrogen (secondary N) is 2. The predicted molar refractivity (Wildman–Crippen MR) is 91.9 cm³/mol. The number of imide groups is 1. The van der Waals surface area contributed by atoms with Gasteiger partial charge in [-0.2, -0.15) is 5.10 Å². The van der Waals surface area contributed by atoms with Crippen molar-refractivity contribution in [1.82, 2.24) is 20.0 Å². The van der Waals surface area contributed by atoms with E-state index in [4.69, 9.17) is 0 Å². The van der Waals surface area contributed by atoms with Crippen LogP contribution in [0.3, 0.4) is 0 Å². The lowest BCUT2D eigenvalue weighted by molar-refractivity contribution is -0.136. The van der Waals surface area contributed by atoms with Gasteiger partial charge in [0.15, 0.2) is 0 Å². The molecule has 136 valence electrons. The average molecular weight is 347 g/mol. The van der Waals surface area contributed by atoms with Crippen LogP contribution in [0.4, 0.5) is 10.6 Å². The van der Waals surface area contributed by atoms with E-state index in [1.54, 1.807) is 23.9 Å². The maximum Gasteiger partial charge on any atom is 0.325 e. The minimum absolute atomic E-state index is 0.138. The van der Waals surface area contributed by atoms with Gasteiger partial charge in [-0.15, -0.1) is 0 Å². The van der Waals surface area contributed by atoms with E-state index in [0.29, 0.717) is 18.7 Å². The van der Waals surface area contributed by atoms with Crippen molar-refractivity contribution in [3.63, 3.8) is 0 Å². The standard InChI is InChI=1S/C17H25N5O3/c1-4-11(2)22-13(7-10-18-22)19-14(23)12(3)21-15(24)17(20-16(21)25)8-5-6-9-17/h7,10-12H,4-6,8-9H2,1-3H3,(H,19,23)(H,20,25). The van der Waals surface area contributed by atoms with Crippen LogP contribution in [-0.2, 0) is 9.59 Å². The van der Waals surface area contributed by atoms with Crippen LogP contribution in [0.25, 0.3) is 0 Å². The Morgan fingerprint density at radius 1 is 1.36 bits per heavy atom. The topological polar surface area (TPSA) is 96.3 Å². The molecular formula is C17H25N5O3. The highest BCUT2D eigenvalue weighted by Crippen LogP contribution is 2.35. The molecule has 4 amide bonds. The molecule has 0 bridgehead atoms. The number of urea groups is 1. The molecular weight excluding hydrogens is 322 g/mol. The summed E-state index contributed by atoms with van der Waals surface area (Å²) in [6.07, 6.45) is 5.60. The Bertz CT molecular complexity index is 692. The maximum atomic E-state index is 12.8. The third-order valence-electron chi connectivity index (χ3n) is 5.35.